The van der Waals surface area contributed by atoms with E-state index in [1.165, 1.54) is 0 Å². The van der Waals surface area contributed by atoms with Crippen molar-refractivity contribution < 1.29 is 4.79 Å². The molecule has 0 unspecified atom stereocenters. The van der Waals surface area contributed by atoms with Gasteiger partial charge in [0.15, 0.2) is 0 Å². The number of rotatable bonds is 1. The lowest BCUT2D eigenvalue weighted by atomic mass is 10.2. The summed E-state index contributed by atoms with van der Waals surface area (Å²) in [6.45, 7) is 2.20. The maximum atomic E-state index is 11.2. The van der Waals surface area contributed by atoms with E-state index in [0.717, 1.165) is 28.9 Å². The fourth-order valence-corrected chi connectivity index (χ4v) is 2.20. The average molecular weight is 284 g/mol. The topological polar surface area (TPSA) is 58.4 Å². The summed E-state index contributed by atoms with van der Waals surface area (Å²) < 4.78 is 0.970. The molecule has 0 aromatic heterocycles. The van der Waals surface area contributed by atoms with Gasteiger partial charge in [-0.3, -0.25) is 4.79 Å². The quantitative estimate of drug-likeness (QED) is 0.765. The minimum Gasteiger partial charge on any atom is -0.397 e. The Labute approximate surface area is 103 Å². The van der Waals surface area contributed by atoms with Gasteiger partial charge in [-0.05, 0) is 18.2 Å². The second-order valence-electron chi connectivity index (χ2n) is 3.79. The molecule has 1 fully saturated rings. The Morgan fingerprint density at radius 2 is 2.19 bits per heavy atom. The molecule has 1 aromatic carbocycles. The number of carbonyl (C=O) groups is 1. The zero-order valence-corrected chi connectivity index (χ0v) is 10.5. The van der Waals surface area contributed by atoms with Crippen LogP contribution in [0.4, 0.5) is 11.4 Å². The van der Waals surface area contributed by atoms with Crippen LogP contribution in [0.15, 0.2) is 22.7 Å². The van der Waals surface area contributed by atoms with Gasteiger partial charge < -0.3 is 16.0 Å². The second-order valence-corrected chi connectivity index (χ2v) is 4.71. The number of hydrogen-bond acceptors (Lipinski definition) is 3. The van der Waals surface area contributed by atoms with Crippen molar-refractivity contribution in [2.24, 2.45) is 0 Å². The number of nitrogens with zero attached hydrogens (tertiary/aromatic N) is 1. The van der Waals surface area contributed by atoms with Crippen LogP contribution in [0.25, 0.3) is 0 Å². The van der Waals surface area contributed by atoms with E-state index < -0.39 is 0 Å². The summed E-state index contributed by atoms with van der Waals surface area (Å²) in [6.07, 6.45) is 0.523. The van der Waals surface area contributed by atoms with Gasteiger partial charge in [0.2, 0.25) is 5.91 Å². The molecule has 5 heteroatoms. The van der Waals surface area contributed by atoms with Crippen molar-refractivity contribution in [1.29, 1.82) is 0 Å². The molecule has 4 nitrogen and oxygen atoms in total. The van der Waals surface area contributed by atoms with Crippen LogP contribution in [-0.2, 0) is 4.79 Å². The molecule has 2 rings (SSSR count). The number of carbonyl (C=O) groups excluding carboxylic acids is 1. The van der Waals surface area contributed by atoms with Crippen molar-refractivity contribution in [3.05, 3.63) is 22.7 Å². The Morgan fingerprint density at radius 3 is 2.94 bits per heavy atom. The van der Waals surface area contributed by atoms with Gasteiger partial charge in [-0.25, -0.2) is 0 Å². The highest BCUT2D eigenvalue weighted by atomic mass is 79.9. The van der Waals surface area contributed by atoms with E-state index in [1.807, 2.05) is 18.2 Å². The van der Waals surface area contributed by atoms with Crippen molar-refractivity contribution in [3.63, 3.8) is 0 Å². The maximum Gasteiger partial charge on any atom is 0.221 e. The maximum absolute atomic E-state index is 11.2. The zero-order valence-electron chi connectivity index (χ0n) is 8.87. The van der Waals surface area contributed by atoms with Crippen LogP contribution in [0.2, 0.25) is 0 Å². The lowest BCUT2D eigenvalue weighted by Gasteiger charge is -2.23. The lowest BCUT2D eigenvalue weighted by molar-refractivity contribution is -0.120. The molecule has 16 heavy (non-hydrogen) atoms. The van der Waals surface area contributed by atoms with Gasteiger partial charge in [0.25, 0.3) is 0 Å². The minimum atomic E-state index is 0.109. The Morgan fingerprint density at radius 1 is 1.38 bits per heavy atom. The number of hydrogen-bond donors (Lipinski definition) is 2. The van der Waals surface area contributed by atoms with Crippen LogP contribution < -0.4 is 16.0 Å². The molecule has 1 heterocycles. The summed E-state index contributed by atoms with van der Waals surface area (Å²) >= 11 is 3.38. The van der Waals surface area contributed by atoms with Crippen LogP contribution in [0, 0.1) is 0 Å². The van der Waals surface area contributed by atoms with Crippen LogP contribution in [-0.4, -0.2) is 25.5 Å². The van der Waals surface area contributed by atoms with E-state index in [4.69, 9.17) is 5.73 Å². The monoisotopic (exact) mass is 283 g/mol. The summed E-state index contributed by atoms with van der Waals surface area (Å²) in [4.78, 5) is 13.4. The molecule has 0 spiro atoms. The first-order valence-electron chi connectivity index (χ1n) is 5.23. The van der Waals surface area contributed by atoms with Crippen LogP contribution in [0.1, 0.15) is 6.42 Å². The molecular weight excluding hydrogens is 270 g/mol. The Hall–Kier alpha value is -1.23. The molecule has 1 aromatic rings. The van der Waals surface area contributed by atoms with Gasteiger partial charge in [0.05, 0.1) is 11.4 Å². The first kappa shape index (κ1) is 11.3. The lowest BCUT2D eigenvalue weighted by Crippen LogP contribution is -2.28. The highest BCUT2D eigenvalue weighted by Crippen LogP contribution is 2.27. The van der Waals surface area contributed by atoms with E-state index in [-0.39, 0.29) is 5.91 Å². The molecule has 1 saturated heterocycles. The van der Waals surface area contributed by atoms with E-state index in [2.05, 4.69) is 26.1 Å². The molecule has 0 aliphatic carbocycles. The van der Waals surface area contributed by atoms with Gasteiger partial charge in [0.1, 0.15) is 0 Å². The van der Waals surface area contributed by atoms with Gasteiger partial charge >= 0.3 is 0 Å². The molecule has 1 amide bonds. The Kier molecular flexibility index (Phi) is 3.33. The highest BCUT2D eigenvalue weighted by molar-refractivity contribution is 9.10. The third kappa shape index (κ3) is 2.47. The van der Waals surface area contributed by atoms with Gasteiger partial charge in [-0.1, -0.05) is 15.9 Å². The first-order valence-corrected chi connectivity index (χ1v) is 6.03. The Bertz CT molecular complexity index is 408. The normalized spacial score (nSPS) is 16.8. The first-order chi connectivity index (χ1) is 7.66. The van der Waals surface area contributed by atoms with E-state index in [9.17, 15) is 4.79 Å². The van der Waals surface area contributed by atoms with Gasteiger partial charge in [-0.2, -0.15) is 0 Å². The minimum absolute atomic E-state index is 0.109. The van der Waals surface area contributed by atoms with E-state index in [1.54, 1.807) is 0 Å². The Balaban J connectivity index is 2.19. The average Bonchev–Trinajstić information content (AvgIpc) is 2.43. The number of nitrogen functional groups attached to an aromatic ring is 1. The van der Waals surface area contributed by atoms with E-state index >= 15 is 0 Å². The van der Waals surface area contributed by atoms with Crippen molar-refractivity contribution in [2.75, 3.05) is 30.3 Å². The number of amides is 1. The highest BCUT2D eigenvalue weighted by Gasteiger charge is 2.15. The number of nitrogens with two attached hydrogens (primary N) is 1. The second kappa shape index (κ2) is 4.74. The summed E-state index contributed by atoms with van der Waals surface area (Å²) in [5.74, 6) is 0.109. The SMILES string of the molecule is Nc1cc(Br)ccc1N1CCNC(=O)CC1. The molecule has 0 bridgehead atoms. The summed E-state index contributed by atoms with van der Waals surface area (Å²) in [5.41, 5.74) is 7.70. The van der Waals surface area contributed by atoms with Crippen LogP contribution in [0.5, 0.6) is 0 Å². The van der Waals surface area contributed by atoms with Crippen molar-refractivity contribution in [3.8, 4) is 0 Å². The van der Waals surface area contributed by atoms with Crippen molar-refractivity contribution in [2.45, 2.75) is 6.42 Å². The number of halogens is 1. The number of benzene rings is 1. The fourth-order valence-electron chi connectivity index (χ4n) is 1.82. The molecule has 3 N–H and O–H groups in total. The van der Waals surface area contributed by atoms with E-state index in [0.29, 0.717) is 13.0 Å². The van der Waals surface area contributed by atoms with Crippen LogP contribution in [0.3, 0.4) is 0 Å². The summed E-state index contributed by atoms with van der Waals surface area (Å²) in [6, 6.07) is 5.83. The molecule has 0 atom stereocenters. The fraction of sp³-hybridized carbons (Fsp3) is 0.364. The molecule has 0 radical (unpaired) electrons. The number of nitrogens with one attached hydrogen (secondary N) is 1. The molecule has 86 valence electrons. The third-order valence-corrected chi connectivity index (χ3v) is 3.14. The number of anilines is 2. The summed E-state index contributed by atoms with van der Waals surface area (Å²) in [7, 11) is 0. The predicted molar refractivity (Wildman–Crippen MR) is 68.4 cm³/mol. The largest absolute Gasteiger partial charge is 0.397 e. The summed E-state index contributed by atoms with van der Waals surface area (Å²) in [5, 5.41) is 2.84. The molecular formula is C11H14BrN3O. The molecule has 1 aliphatic rings. The predicted octanol–water partition coefficient (Wildman–Crippen LogP) is 1.36. The molecule has 1 aliphatic heterocycles. The van der Waals surface area contributed by atoms with Gasteiger partial charge in [-0.15, -0.1) is 0 Å². The molecule has 0 saturated carbocycles. The zero-order chi connectivity index (χ0) is 11.5. The van der Waals surface area contributed by atoms with Gasteiger partial charge in [0, 0.05) is 30.5 Å². The third-order valence-electron chi connectivity index (χ3n) is 2.64. The smallest absolute Gasteiger partial charge is 0.221 e. The standard InChI is InChI=1S/C11H14BrN3O/c12-8-1-2-10(9(13)7-8)15-5-3-11(16)14-4-6-15/h1-2,7H,3-6,13H2,(H,14,16). The van der Waals surface area contributed by atoms with Crippen molar-refractivity contribution in [1.82, 2.24) is 5.32 Å². The van der Waals surface area contributed by atoms with Crippen molar-refractivity contribution >= 4 is 33.2 Å². The van der Waals surface area contributed by atoms with Crippen LogP contribution >= 0.6 is 15.9 Å².